The van der Waals surface area contributed by atoms with Gasteiger partial charge in [-0.15, -0.1) is 6.58 Å². The number of ether oxygens (including phenoxy) is 1. The van der Waals surface area contributed by atoms with Crippen molar-refractivity contribution in [3.63, 3.8) is 0 Å². The molecule has 1 N–H and O–H groups in total. The first-order chi connectivity index (χ1) is 6.83. The van der Waals surface area contributed by atoms with Crippen LogP contribution in [0, 0.1) is 0 Å². The van der Waals surface area contributed by atoms with Crippen molar-refractivity contribution in [2.75, 3.05) is 32.8 Å². The lowest BCUT2D eigenvalue weighted by Crippen LogP contribution is -2.38. The molecule has 0 aromatic carbocycles. The Morgan fingerprint density at radius 2 is 2.07 bits per heavy atom. The lowest BCUT2D eigenvalue weighted by atomic mass is 10.1. The number of β-amino-alcohol motifs (C(OH)–C–C–N with tert-alkyl or cyclic N) is 1. The van der Waals surface area contributed by atoms with Crippen LogP contribution in [-0.2, 0) is 4.74 Å². The SMILES string of the molecule is C=CCOC[C@H](O)CN1CCCCC1. The lowest BCUT2D eigenvalue weighted by molar-refractivity contribution is 0.0227. The molecule has 0 aromatic rings. The van der Waals surface area contributed by atoms with Crippen molar-refractivity contribution in [3.05, 3.63) is 12.7 Å². The Morgan fingerprint density at radius 1 is 1.36 bits per heavy atom. The molecule has 1 aliphatic rings. The molecule has 0 amide bonds. The molecule has 0 aromatic heterocycles. The smallest absolute Gasteiger partial charge is 0.0900 e. The van der Waals surface area contributed by atoms with Crippen LogP contribution in [0.2, 0.25) is 0 Å². The van der Waals surface area contributed by atoms with E-state index in [0.717, 1.165) is 19.6 Å². The molecule has 0 spiro atoms. The van der Waals surface area contributed by atoms with Crippen LogP contribution in [-0.4, -0.2) is 49.0 Å². The van der Waals surface area contributed by atoms with E-state index in [2.05, 4.69) is 11.5 Å². The van der Waals surface area contributed by atoms with Gasteiger partial charge in [-0.05, 0) is 25.9 Å². The molecule has 0 bridgehead atoms. The van der Waals surface area contributed by atoms with Crippen LogP contribution < -0.4 is 0 Å². The molecule has 0 unspecified atom stereocenters. The molecule has 1 saturated heterocycles. The summed E-state index contributed by atoms with van der Waals surface area (Å²) in [5.41, 5.74) is 0. The molecule has 0 radical (unpaired) electrons. The van der Waals surface area contributed by atoms with Crippen LogP contribution in [0.25, 0.3) is 0 Å². The second-order valence-corrected chi connectivity index (χ2v) is 3.84. The summed E-state index contributed by atoms with van der Waals surface area (Å²) in [5, 5.41) is 9.63. The van der Waals surface area contributed by atoms with Gasteiger partial charge < -0.3 is 14.7 Å². The highest BCUT2D eigenvalue weighted by atomic mass is 16.5. The molecule has 14 heavy (non-hydrogen) atoms. The minimum Gasteiger partial charge on any atom is -0.389 e. The number of rotatable bonds is 6. The maximum absolute atomic E-state index is 9.63. The Hall–Kier alpha value is -0.380. The summed E-state index contributed by atoms with van der Waals surface area (Å²) in [6.45, 7) is 7.49. The molecule has 1 fully saturated rings. The molecule has 82 valence electrons. The Morgan fingerprint density at radius 3 is 2.71 bits per heavy atom. The quantitative estimate of drug-likeness (QED) is 0.512. The summed E-state index contributed by atoms with van der Waals surface area (Å²) in [6.07, 6.45) is 5.21. The Labute approximate surface area is 86.4 Å². The second-order valence-electron chi connectivity index (χ2n) is 3.84. The van der Waals surface area contributed by atoms with Gasteiger partial charge in [0, 0.05) is 6.54 Å². The lowest BCUT2D eigenvalue weighted by Gasteiger charge is -2.28. The number of aliphatic hydroxyl groups excluding tert-OH is 1. The fourth-order valence-corrected chi connectivity index (χ4v) is 1.78. The van der Waals surface area contributed by atoms with E-state index in [1.54, 1.807) is 6.08 Å². The summed E-state index contributed by atoms with van der Waals surface area (Å²) in [7, 11) is 0. The van der Waals surface area contributed by atoms with Crippen molar-refractivity contribution in [1.29, 1.82) is 0 Å². The number of nitrogens with zero attached hydrogens (tertiary/aromatic N) is 1. The fourth-order valence-electron chi connectivity index (χ4n) is 1.78. The van der Waals surface area contributed by atoms with Gasteiger partial charge in [-0.1, -0.05) is 12.5 Å². The third-order valence-corrected chi connectivity index (χ3v) is 2.46. The van der Waals surface area contributed by atoms with E-state index in [0.29, 0.717) is 13.2 Å². The molecule has 3 heteroatoms. The van der Waals surface area contributed by atoms with Crippen molar-refractivity contribution in [1.82, 2.24) is 4.90 Å². The van der Waals surface area contributed by atoms with Gasteiger partial charge in [0.1, 0.15) is 0 Å². The molecule has 1 heterocycles. The summed E-state index contributed by atoms with van der Waals surface area (Å²) >= 11 is 0. The van der Waals surface area contributed by atoms with E-state index in [9.17, 15) is 5.11 Å². The zero-order valence-corrected chi connectivity index (χ0v) is 8.82. The van der Waals surface area contributed by atoms with Crippen molar-refractivity contribution in [2.24, 2.45) is 0 Å². The zero-order valence-electron chi connectivity index (χ0n) is 8.82. The second kappa shape index (κ2) is 6.98. The standard InChI is InChI=1S/C11H21NO2/c1-2-8-14-10-11(13)9-12-6-4-3-5-7-12/h2,11,13H,1,3-10H2/t11-/m1/s1. The van der Waals surface area contributed by atoms with E-state index >= 15 is 0 Å². The number of aliphatic hydroxyl groups is 1. The van der Waals surface area contributed by atoms with Crippen LogP contribution in [0.5, 0.6) is 0 Å². The first-order valence-corrected chi connectivity index (χ1v) is 5.42. The number of hydrogen-bond donors (Lipinski definition) is 1. The Kier molecular flexibility index (Phi) is 5.83. The van der Waals surface area contributed by atoms with Gasteiger partial charge in [-0.3, -0.25) is 0 Å². The van der Waals surface area contributed by atoms with Crippen LogP contribution in [0.4, 0.5) is 0 Å². The monoisotopic (exact) mass is 199 g/mol. The van der Waals surface area contributed by atoms with Crippen molar-refractivity contribution >= 4 is 0 Å². The summed E-state index contributed by atoms with van der Waals surface area (Å²) in [4.78, 5) is 2.31. The van der Waals surface area contributed by atoms with E-state index in [4.69, 9.17) is 4.74 Å². The van der Waals surface area contributed by atoms with Gasteiger partial charge in [-0.2, -0.15) is 0 Å². The number of piperidine rings is 1. The van der Waals surface area contributed by atoms with Crippen molar-refractivity contribution < 1.29 is 9.84 Å². The van der Waals surface area contributed by atoms with Gasteiger partial charge in [0.15, 0.2) is 0 Å². The van der Waals surface area contributed by atoms with Gasteiger partial charge >= 0.3 is 0 Å². The molecule has 1 rings (SSSR count). The Bertz CT molecular complexity index is 155. The average Bonchev–Trinajstić information content (AvgIpc) is 2.20. The van der Waals surface area contributed by atoms with E-state index in [1.165, 1.54) is 19.3 Å². The third-order valence-electron chi connectivity index (χ3n) is 2.46. The van der Waals surface area contributed by atoms with Gasteiger partial charge in [0.05, 0.1) is 19.3 Å². The highest BCUT2D eigenvalue weighted by Crippen LogP contribution is 2.08. The van der Waals surface area contributed by atoms with Crippen LogP contribution in [0.3, 0.4) is 0 Å². The highest BCUT2D eigenvalue weighted by Gasteiger charge is 2.14. The highest BCUT2D eigenvalue weighted by molar-refractivity contribution is 4.69. The summed E-state index contributed by atoms with van der Waals surface area (Å²) in [5.74, 6) is 0. The maximum atomic E-state index is 9.63. The largest absolute Gasteiger partial charge is 0.389 e. The van der Waals surface area contributed by atoms with Gasteiger partial charge in [0.25, 0.3) is 0 Å². The number of likely N-dealkylation sites (tertiary alicyclic amines) is 1. The molecule has 1 atom stereocenters. The Balaban J connectivity index is 2.05. The first-order valence-electron chi connectivity index (χ1n) is 5.42. The predicted octanol–water partition coefficient (Wildman–Crippen LogP) is 1.04. The minimum absolute atomic E-state index is 0.354. The number of hydrogen-bond acceptors (Lipinski definition) is 3. The zero-order chi connectivity index (χ0) is 10.2. The first kappa shape index (κ1) is 11.7. The van der Waals surface area contributed by atoms with Crippen LogP contribution >= 0.6 is 0 Å². The van der Waals surface area contributed by atoms with Crippen LogP contribution in [0.1, 0.15) is 19.3 Å². The van der Waals surface area contributed by atoms with E-state index < -0.39 is 0 Å². The van der Waals surface area contributed by atoms with Crippen molar-refractivity contribution in [3.8, 4) is 0 Å². The molecular formula is C11H21NO2. The fraction of sp³-hybridized carbons (Fsp3) is 0.818. The van der Waals surface area contributed by atoms with Gasteiger partial charge in [0.2, 0.25) is 0 Å². The summed E-state index contributed by atoms with van der Waals surface area (Å²) < 4.78 is 5.19. The maximum Gasteiger partial charge on any atom is 0.0900 e. The predicted molar refractivity (Wildman–Crippen MR) is 57.3 cm³/mol. The molecule has 0 saturated carbocycles. The third kappa shape index (κ3) is 4.74. The average molecular weight is 199 g/mol. The molecular weight excluding hydrogens is 178 g/mol. The molecule has 0 aliphatic carbocycles. The normalized spacial score (nSPS) is 20.6. The molecule has 3 nitrogen and oxygen atoms in total. The minimum atomic E-state index is -0.354. The van der Waals surface area contributed by atoms with E-state index in [1.807, 2.05) is 0 Å². The van der Waals surface area contributed by atoms with E-state index in [-0.39, 0.29) is 6.10 Å². The summed E-state index contributed by atoms with van der Waals surface area (Å²) in [6, 6.07) is 0. The molecule has 1 aliphatic heterocycles. The topological polar surface area (TPSA) is 32.7 Å². The van der Waals surface area contributed by atoms with Crippen LogP contribution in [0.15, 0.2) is 12.7 Å². The van der Waals surface area contributed by atoms with Crippen molar-refractivity contribution in [2.45, 2.75) is 25.4 Å². The van der Waals surface area contributed by atoms with Gasteiger partial charge in [-0.25, -0.2) is 0 Å².